The lowest BCUT2D eigenvalue weighted by molar-refractivity contribution is 0.299. The first-order chi connectivity index (χ1) is 7.68. The Labute approximate surface area is 101 Å². The van der Waals surface area contributed by atoms with Crippen LogP contribution < -0.4 is 5.32 Å². The topological polar surface area (TPSA) is 15.3 Å². The van der Waals surface area contributed by atoms with E-state index in [1.165, 1.54) is 32.4 Å². The standard InChI is InChI=1S/C14H28N2/c1-11(2)9-15-7-8-16(3)10-14-12-5-4-6-13(12)14/h11-15H,4-10H2,1-3H3. The molecule has 0 radical (unpaired) electrons. The van der Waals surface area contributed by atoms with Crippen LogP contribution in [0.4, 0.5) is 0 Å². The van der Waals surface area contributed by atoms with E-state index in [-0.39, 0.29) is 0 Å². The first-order valence-electron chi connectivity index (χ1n) is 7.07. The largest absolute Gasteiger partial charge is 0.315 e. The highest BCUT2D eigenvalue weighted by Gasteiger charge is 2.52. The fourth-order valence-corrected chi connectivity index (χ4v) is 3.35. The van der Waals surface area contributed by atoms with Crippen molar-refractivity contribution >= 4 is 0 Å². The Morgan fingerprint density at radius 1 is 1.25 bits per heavy atom. The summed E-state index contributed by atoms with van der Waals surface area (Å²) < 4.78 is 0. The minimum atomic E-state index is 0.771. The molecule has 2 unspecified atom stereocenters. The highest BCUT2D eigenvalue weighted by molar-refractivity contribution is 5.01. The number of fused-ring (bicyclic) bond motifs is 1. The summed E-state index contributed by atoms with van der Waals surface area (Å²) in [5.41, 5.74) is 0. The highest BCUT2D eigenvalue weighted by atomic mass is 15.1. The van der Waals surface area contributed by atoms with E-state index in [0.717, 1.165) is 36.8 Å². The molecule has 1 N–H and O–H groups in total. The van der Waals surface area contributed by atoms with Gasteiger partial charge in [-0.1, -0.05) is 20.3 Å². The molecule has 0 heterocycles. The molecular weight excluding hydrogens is 196 g/mol. The third-order valence-electron chi connectivity index (χ3n) is 4.33. The minimum absolute atomic E-state index is 0.771. The summed E-state index contributed by atoms with van der Waals surface area (Å²) in [7, 11) is 2.28. The third-order valence-corrected chi connectivity index (χ3v) is 4.33. The van der Waals surface area contributed by atoms with Crippen LogP contribution in [-0.4, -0.2) is 38.1 Å². The van der Waals surface area contributed by atoms with E-state index in [1.807, 2.05) is 0 Å². The summed E-state index contributed by atoms with van der Waals surface area (Å²) in [5, 5.41) is 3.52. The second-order valence-corrected chi connectivity index (χ2v) is 6.28. The van der Waals surface area contributed by atoms with Crippen molar-refractivity contribution in [3.05, 3.63) is 0 Å². The molecule has 0 amide bonds. The maximum Gasteiger partial charge on any atom is 0.0104 e. The Hall–Kier alpha value is -0.0800. The van der Waals surface area contributed by atoms with E-state index in [1.54, 1.807) is 0 Å². The molecule has 0 bridgehead atoms. The van der Waals surface area contributed by atoms with Gasteiger partial charge in [-0.3, -0.25) is 0 Å². The molecule has 2 heteroatoms. The average molecular weight is 224 g/mol. The van der Waals surface area contributed by atoms with Crippen LogP contribution in [0.15, 0.2) is 0 Å². The van der Waals surface area contributed by atoms with Gasteiger partial charge in [0.1, 0.15) is 0 Å². The molecule has 2 rings (SSSR count). The molecule has 0 spiro atoms. The zero-order valence-electron chi connectivity index (χ0n) is 11.2. The molecule has 0 aromatic rings. The predicted octanol–water partition coefficient (Wildman–Crippen LogP) is 2.21. The van der Waals surface area contributed by atoms with E-state index in [9.17, 15) is 0 Å². The summed E-state index contributed by atoms with van der Waals surface area (Å²) in [4.78, 5) is 2.52. The van der Waals surface area contributed by atoms with E-state index >= 15 is 0 Å². The summed E-state index contributed by atoms with van der Waals surface area (Å²) in [6.45, 7) is 9.39. The van der Waals surface area contributed by atoms with Crippen LogP contribution in [0.2, 0.25) is 0 Å². The van der Waals surface area contributed by atoms with E-state index < -0.39 is 0 Å². The van der Waals surface area contributed by atoms with Crippen LogP contribution in [0.1, 0.15) is 33.1 Å². The van der Waals surface area contributed by atoms with Crippen molar-refractivity contribution in [2.45, 2.75) is 33.1 Å². The summed E-state index contributed by atoms with van der Waals surface area (Å²) >= 11 is 0. The molecule has 2 aliphatic carbocycles. The minimum Gasteiger partial charge on any atom is -0.315 e. The molecular formula is C14H28N2. The number of nitrogens with one attached hydrogen (secondary N) is 1. The Kier molecular flexibility index (Phi) is 4.26. The fourth-order valence-electron chi connectivity index (χ4n) is 3.35. The van der Waals surface area contributed by atoms with E-state index in [0.29, 0.717) is 0 Å². The van der Waals surface area contributed by atoms with Crippen LogP contribution >= 0.6 is 0 Å². The molecule has 2 saturated carbocycles. The summed E-state index contributed by atoms with van der Waals surface area (Å²) in [5.74, 6) is 4.06. The lowest BCUT2D eigenvalue weighted by Crippen LogP contribution is -2.32. The van der Waals surface area contributed by atoms with Crippen molar-refractivity contribution in [3.63, 3.8) is 0 Å². The molecule has 0 aromatic heterocycles. The van der Waals surface area contributed by atoms with Gasteiger partial charge in [-0.15, -0.1) is 0 Å². The van der Waals surface area contributed by atoms with Crippen LogP contribution in [0.3, 0.4) is 0 Å². The van der Waals surface area contributed by atoms with E-state index in [2.05, 4.69) is 31.1 Å². The lowest BCUT2D eigenvalue weighted by atomic mass is 10.1. The number of likely N-dealkylation sites (N-methyl/N-ethyl adjacent to an activating group) is 1. The highest BCUT2D eigenvalue weighted by Crippen LogP contribution is 2.57. The Morgan fingerprint density at radius 2 is 1.94 bits per heavy atom. The fraction of sp³-hybridized carbons (Fsp3) is 1.00. The van der Waals surface area contributed by atoms with Gasteiger partial charge in [0.25, 0.3) is 0 Å². The van der Waals surface area contributed by atoms with Crippen molar-refractivity contribution < 1.29 is 0 Å². The second-order valence-electron chi connectivity index (χ2n) is 6.28. The van der Waals surface area contributed by atoms with Gasteiger partial charge in [-0.05, 0) is 50.1 Å². The monoisotopic (exact) mass is 224 g/mol. The SMILES string of the molecule is CC(C)CNCCN(C)CC1C2CCCC21. The first kappa shape index (κ1) is 12.4. The maximum absolute atomic E-state index is 3.52. The van der Waals surface area contributed by atoms with Crippen molar-refractivity contribution in [1.82, 2.24) is 10.2 Å². The van der Waals surface area contributed by atoms with Gasteiger partial charge in [-0.2, -0.15) is 0 Å². The second kappa shape index (κ2) is 5.50. The van der Waals surface area contributed by atoms with Crippen LogP contribution in [0.25, 0.3) is 0 Å². The molecule has 2 fully saturated rings. The van der Waals surface area contributed by atoms with Crippen LogP contribution in [0.5, 0.6) is 0 Å². The number of hydrogen-bond acceptors (Lipinski definition) is 2. The van der Waals surface area contributed by atoms with Gasteiger partial charge < -0.3 is 10.2 Å². The van der Waals surface area contributed by atoms with Crippen LogP contribution in [-0.2, 0) is 0 Å². The van der Waals surface area contributed by atoms with Crippen molar-refractivity contribution in [2.24, 2.45) is 23.7 Å². The van der Waals surface area contributed by atoms with Gasteiger partial charge in [0, 0.05) is 19.6 Å². The Balaban J connectivity index is 1.50. The average Bonchev–Trinajstić information content (AvgIpc) is 2.70. The molecule has 0 saturated heterocycles. The van der Waals surface area contributed by atoms with Gasteiger partial charge >= 0.3 is 0 Å². The predicted molar refractivity (Wildman–Crippen MR) is 69.5 cm³/mol. The number of rotatable bonds is 7. The zero-order valence-corrected chi connectivity index (χ0v) is 11.2. The molecule has 16 heavy (non-hydrogen) atoms. The summed E-state index contributed by atoms with van der Waals surface area (Å²) in [6, 6.07) is 0. The summed E-state index contributed by atoms with van der Waals surface area (Å²) in [6.07, 6.45) is 4.55. The molecule has 94 valence electrons. The smallest absolute Gasteiger partial charge is 0.0104 e. The van der Waals surface area contributed by atoms with Gasteiger partial charge in [0.2, 0.25) is 0 Å². The molecule has 2 nitrogen and oxygen atoms in total. The van der Waals surface area contributed by atoms with Crippen molar-refractivity contribution in [2.75, 3.05) is 33.2 Å². The molecule has 0 aliphatic heterocycles. The Morgan fingerprint density at radius 3 is 2.56 bits per heavy atom. The lowest BCUT2D eigenvalue weighted by Gasteiger charge is -2.18. The maximum atomic E-state index is 3.52. The Bertz CT molecular complexity index is 205. The molecule has 2 aliphatic rings. The van der Waals surface area contributed by atoms with Crippen molar-refractivity contribution in [3.8, 4) is 0 Å². The van der Waals surface area contributed by atoms with Gasteiger partial charge in [0.05, 0.1) is 0 Å². The van der Waals surface area contributed by atoms with E-state index in [4.69, 9.17) is 0 Å². The number of hydrogen-bond donors (Lipinski definition) is 1. The van der Waals surface area contributed by atoms with Crippen molar-refractivity contribution in [1.29, 1.82) is 0 Å². The van der Waals surface area contributed by atoms with Crippen LogP contribution in [0, 0.1) is 23.7 Å². The first-order valence-corrected chi connectivity index (χ1v) is 7.07. The van der Waals surface area contributed by atoms with Gasteiger partial charge in [0.15, 0.2) is 0 Å². The molecule has 2 atom stereocenters. The van der Waals surface area contributed by atoms with Gasteiger partial charge in [-0.25, -0.2) is 0 Å². The quantitative estimate of drug-likeness (QED) is 0.667. The zero-order chi connectivity index (χ0) is 11.5. The number of nitrogens with zero attached hydrogens (tertiary/aromatic N) is 1. The third kappa shape index (κ3) is 3.21. The normalized spacial score (nSPS) is 32.4. The molecule has 0 aromatic carbocycles.